The number of nitrogens with zero attached hydrogens (tertiary/aromatic N) is 2. The third-order valence-electron chi connectivity index (χ3n) is 5.54. The molecule has 1 N–H and O–H groups in total. The molecule has 2 fully saturated rings. The number of anilines is 1. The van der Waals surface area contributed by atoms with Crippen LogP contribution in [0.2, 0.25) is 0 Å². The fraction of sp³-hybridized carbons (Fsp3) is 0.350. The second kappa shape index (κ2) is 6.20. The molecule has 0 spiro atoms. The van der Waals surface area contributed by atoms with Crippen LogP contribution in [0.3, 0.4) is 0 Å². The number of carbonyl (C=O) groups excluding carboxylic acids is 3. The number of nitrogens with one attached hydrogen (secondary N) is 1. The van der Waals surface area contributed by atoms with E-state index in [-0.39, 0.29) is 30.2 Å². The normalized spacial score (nSPS) is 22.0. The van der Waals surface area contributed by atoms with E-state index in [0.717, 1.165) is 24.0 Å². The van der Waals surface area contributed by atoms with Gasteiger partial charge in [0.1, 0.15) is 6.04 Å². The number of hydrogen-bond donors (Lipinski definition) is 1. The maximum atomic E-state index is 13.2. The standard InChI is InChI=1S/C20H19N3O3S/c24-18-17-10-22(19(25)12-1-2-12)6-7-23(17)20(26)15-9-13(3-4-16(15)21-18)14-5-8-27-11-14/h3-5,8-9,11-12,17H,1-2,6-7,10H2,(H,21,24). The second-order valence-electron chi connectivity index (χ2n) is 7.33. The molecule has 7 heteroatoms. The average Bonchev–Trinajstić information content (AvgIpc) is 3.41. The van der Waals surface area contributed by atoms with Crippen LogP contribution in [0.25, 0.3) is 11.1 Å². The van der Waals surface area contributed by atoms with Crippen molar-refractivity contribution in [3.63, 3.8) is 0 Å². The lowest BCUT2D eigenvalue weighted by molar-refractivity contribution is -0.136. The van der Waals surface area contributed by atoms with E-state index in [2.05, 4.69) is 5.32 Å². The maximum Gasteiger partial charge on any atom is 0.256 e. The van der Waals surface area contributed by atoms with Gasteiger partial charge < -0.3 is 15.1 Å². The monoisotopic (exact) mass is 381 g/mol. The smallest absolute Gasteiger partial charge is 0.256 e. The first-order valence-corrected chi connectivity index (χ1v) is 10.1. The number of hydrogen-bond acceptors (Lipinski definition) is 4. The summed E-state index contributed by atoms with van der Waals surface area (Å²) >= 11 is 1.60. The van der Waals surface area contributed by atoms with Crippen molar-refractivity contribution in [3.05, 3.63) is 40.6 Å². The van der Waals surface area contributed by atoms with Gasteiger partial charge in [-0.3, -0.25) is 14.4 Å². The predicted molar refractivity (Wildman–Crippen MR) is 103 cm³/mol. The molecule has 6 nitrogen and oxygen atoms in total. The molecule has 3 aliphatic rings. The third kappa shape index (κ3) is 2.82. The fourth-order valence-corrected chi connectivity index (χ4v) is 4.51. The largest absolute Gasteiger partial charge is 0.338 e. The first-order valence-electron chi connectivity index (χ1n) is 9.19. The van der Waals surface area contributed by atoms with Gasteiger partial charge in [-0.15, -0.1) is 0 Å². The number of benzene rings is 1. The quantitative estimate of drug-likeness (QED) is 0.869. The molecule has 0 bridgehead atoms. The Labute approximate surface area is 160 Å². The molecule has 1 atom stereocenters. The molecular formula is C20H19N3O3S. The molecule has 2 aliphatic heterocycles. The van der Waals surface area contributed by atoms with E-state index in [9.17, 15) is 14.4 Å². The Balaban J connectivity index is 1.46. The predicted octanol–water partition coefficient (Wildman–Crippen LogP) is 2.43. The molecule has 5 rings (SSSR count). The van der Waals surface area contributed by atoms with E-state index in [1.807, 2.05) is 29.0 Å². The molecule has 1 unspecified atom stereocenters. The zero-order valence-corrected chi connectivity index (χ0v) is 15.5. The van der Waals surface area contributed by atoms with E-state index < -0.39 is 6.04 Å². The SMILES string of the molecule is O=C1Nc2ccc(-c3ccsc3)cc2C(=O)N2CCN(C(=O)C3CC3)CC12. The van der Waals surface area contributed by atoms with Gasteiger partial charge in [0.2, 0.25) is 11.8 Å². The van der Waals surface area contributed by atoms with Crippen LogP contribution in [0.4, 0.5) is 5.69 Å². The summed E-state index contributed by atoms with van der Waals surface area (Å²) in [5, 5.41) is 6.92. The Kier molecular flexibility index (Phi) is 3.79. The Morgan fingerprint density at radius 2 is 1.96 bits per heavy atom. The summed E-state index contributed by atoms with van der Waals surface area (Å²) in [5.74, 6) is -0.134. The van der Waals surface area contributed by atoms with Gasteiger partial charge in [0.25, 0.3) is 5.91 Å². The Bertz CT molecular complexity index is 936. The van der Waals surface area contributed by atoms with E-state index in [1.165, 1.54) is 0 Å². The molecular weight excluding hydrogens is 362 g/mol. The Morgan fingerprint density at radius 1 is 1.11 bits per heavy atom. The van der Waals surface area contributed by atoms with Gasteiger partial charge in [-0.25, -0.2) is 0 Å². The highest BCUT2D eigenvalue weighted by molar-refractivity contribution is 7.08. The molecule has 138 valence electrons. The van der Waals surface area contributed by atoms with Crippen LogP contribution in [0.5, 0.6) is 0 Å². The summed E-state index contributed by atoms with van der Waals surface area (Å²) in [6.07, 6.45) is 1.87. The van der Waals surface area contributed by atoms with Crippen molar-refractivity contribution in [2.24, 2.45) is 5.92 Å². The zero-order valence-electron chi connectivity index (χ0n) is 14.7. The van der Waals surface area contributed by atoms with Crippen LogP contribution >= 0.6 is 11.3 Å². The summed E-state index contributed by atoms with van der Waals surface area (Å²) in [4.78, 5) is 41.7. The van der Waals surface area contributed by atoms with Gasteiger partial charge in [-0.1, -0.05) is 6.07 Å². The van der Waals surface area contributed by atoms with Crippen LogP contribution in [0.1, 0.15) is 23.2 Å². The van der Waals surface area contributed by atoms with Gasteiger partial charge in [-0.2, -0.15) is 11.3 Å². The highest BCUT2D eigenvalue weighted by Crippen LogP contribution is 2.34. The number of amides is 3. The van der Waals surface area contributed by atoms with Crippen molar-refractivity contribution < 1.29 is 14.4 Å². The summed E-state index contributed by atoms with van der Waals surface area (Å²) in [6, 6.07) is 6.94. The van der Waals surface area contributed by atoms with Crippen LogP contribution in [0.15, 0.2) is 35.0 Å². The molecule has 1 aromatic heterocycles. The molecule has 1 saturated heterocycles. The summed E-state index contributed by atoms with van der Waals surface area (Å²) < 4.78 is 0. The minimum atomic E-state index is -0.633. The summed E-state index contributed by atoms with van der Waals surface area (Å²) in [6.45, 7) is 1.15. The molecule has 1 aliphatic carbocycles. The molecule has 3 heterocycles. The van der Waals surface area contributed by atoms with Gasteiger partial charge in [0.05, 0.1) is 17.8 Å². The van der Waals surface area contributed by atoms with E-state index >= 15 is 0 Å². The maximum absolute atomic E-state index is 13.2. The number of rotatable bonds is 2. The molecule has 2 aromatic rings. The first kappa shape index (κ1) is 16.5. The van der Waals surface area contributed by atoms with Crippen molar-refractivity contribution in [1.29, 1.82) is 0 Å². The Hall–Kier alpha value is -2.67. The van der Waals surface area contributed by atoms with Crippen LogP contribution in [0, 0.1) is 5.92 Å². The topological polar surface area (TPSA) is 69.7 Å². The van der Waals surface area contributed by atoms with Crippen LogP contribution in [-0.4, -0.2) is 53.2 Å². The van der Waals surface area contributed by atoms with Crippen molar-refractivity contribution in [1.82, 2.24) is 9.80 Å². The molecule has 1 saturated carbocycles. The summed E-state index contributed by atoms with van der Waals surface area (Å²) in [7, 11) is 0. The lowest BCUT2D eigenvalue weighted by atomic mass is 10.0. The van der Waals surface area contributed by atoms with E-state index in [1.54, 1.807) is 27.2 Å². The van der Waals surface area contributed by atoms with Gasteiger partial charge in [0, 0.05) is 19.0 Å². The van der Waals surface area contributed by atoms with E-state index in [0.29, 0.717) is 24.3 Å². The summed E-state index contributed by atoms with van der Waals surface area (Å²) in [5.41, 5.74) is 3.07. The molecule has 1 aromatic carbocycles. The van der Waals surface area contributed by atoms with Crippen molar-refractivity contribution in [2.75, 3.05) is 25.0 Å². The highest BCUT2D eigenvalue weighted by atomic mass is 32.1. The fourth-order valence-electron chi connectivity index (χ4n) is 3.85. The van der Waals surface area contributed by atoms with Crippen molar-refractivity contribution >= 4 is 34.7 Å². The molecule has 27 heavy (non-hydrogen) atoms. The lowest BCUT2D eigenvalue weighted by Gasteiger charge is -2.39. The van der Waals surface area contributed by atoms with Crippen LogP contribution < -0.4 is 5.32 Å². The first-order chi connectivity index (χ1) is 13.1. The average molecular weight is 381 g/mol. The number of thiophene rings is 1. The lowest BCUT2D eigenvalue weighted by Crippen LogP contribution is -2.59. The van der Waals surface area contributed by atoms with Gasteiger partial charge in [-0.05, 0) is 52.9 Å². The van der Waals surface area contributed by atoms with Gasteiger partial charge in [0.15, 0.2) is 0 Å². The van der Waals surface area contributed by atoms with Crippen LogP contribution in [-0.2, 0) is 9.59 Å². The minimum absolute atomic E-state index is 0.117. The van der Waals surface area contributed by atoms with Crippen molar-refractivity contribution in [2.45, 2.75) is 18.9 Å². The minimum Gasteiger partial charge on any atom is -0.338 e. The Morgan fingerprint density at radius 3 is 2.70 bits per heavy atom. The number of piperazine rings is 1. The third-order valence-corrected chi connectivity index (χ3v) is 6.23. The molecule has 0 radical (unpaired) electrons. The second-order valence-corrected chi connectivity index (χ2v) is 8.11. The van der Waals surface area contributed by atoms with Crippen molar-refractivity contribution in [3.8, 4) is 11.1 Å². The molecule has 3 amide bonds. The number of carbonyl (C=O) groups is 3. The van der Waals surface area contributed by atoms with Gasteiger partial charge >= 0.3 is 0 Å². The highest BCUT2D eigenvalue weighted by Gasteiger charge is 2.43. The van der Waals surface area contributed by atoms with E-state index in [4.69, 9.17) is 0 Å². The number of fused-ring (bicyclic) bond motifs is 2. The zero-order chi connectivity index (χ0) is 18.5.